The van der Waals surface area contributed by atoms with Gasteiger partial charge in [0.1, 0.15) is 0 Å². The molecule has 0 saturated heterocycles. The molecule has 0 atom stereocenters. The molecule has 2 aromatic rings. The van der Waals surface area contributed by atoms with Gasteiger partial charge in [0.15, 0.2) is 17.5 Å². The van der Waals surface area contributed by atoms with Crippen molar-refractivity contribution >= 4 is 21.6 Å². The summed E-state index contributed by atoms with van der Waals surface area (Å²) in [6.07, 6.45) is 2.16. The first-order valence-electron chi connectivity index (χ1n) is 7.66. The van der Waals surface area contributed by atoms with Crippen LogP contribution in [-0.2, 0) is 16.4 Å². The van der Waals surface area contributed by atoms with Crippen molar-refractivity contribution in [2.24, 2.45) is 0 Å². The fourth-order valence-corrected chi connectivity index (χ4v) is 2.81. The topological polar surface area (TPSA) is 75.3 Å². The Morgan fingerprint density at radius 3 is 2.27 bits per heavy atom. The zero-order chi connectivity index (χ0) is 19.3. The van der Waals surface area contributed by atoms with Crippen molar-refractivity contribution in [2.75, 3.05) is 17.5 Å². The number of halogens is 3. The molecular formula is C17H17F3N2O3S. The van der Waals surface area contributed by atoms with Gasteiger partial charge in [-0.15, -0.1) is 0 Å². The summed E-state index contributed by atoms with van der Waals surface area (Å²) in [7, 11) is -3.33. The summed E-state index contributed by atoms with van der Waals surface area (Å²) in [5.41, 5.74) is 0.802. The normalized spacial score (nSPS) is 11.2. The lowest BCUT2D eigenvalue weighted by Crippen LogP contribution is -2.26. The van der Waals surface area contributed by atoms with E-state index in [1.807, 2.05) is 0 Å². The molecule has 0 saturated carbocycles. The quantitative estimate of drug-likeness (QED) is 0.568. The number of carbonyl (C=O) groups excluding carboxylic acids is 1. The third-order valence-corrected chi connectivity index (χ3v) is 4.07. The number of aryl methyl sites for hydroxylation is 1. The van der Waals surface area contributed by atoms with Crippen molar-refractivity contribution < 1.29 is 26.4 Å². The van der Waals surface area contributed by atoms with Crippen LogP contribution in [0.4, 0.5) is 18.9 Å². The van der Waals surface area contributed by atoms with Crippen LogP contribution in [0.2, 0.25) is 0 Å². The van der Waals surface area contributed by atoms with Crippen LogP contribution in [-0.4, -0.2) is 27.1 Å². The van der Waals surface area contributed by atoms with E-state index < -0.39 is 38.9 Å². The number of carbonyl (C=O) groups is 1. The lowest BCUT2D eigenvalue weighted by Gasteiger charge is -2.08. The number of sulfonamides is 1. The van der Waals surface area contributed by atoms with Gasteiger partial charge in [0, 0.05) is 12.2 Å². The van der Waals surface area contributed by atoms with E-state index in [0.29, 0.717) is 24.6 Å². The van der Waals surface area contributed by atoms with Crippen molar-refractivity contribution in [1.29, 1.82) is 0 Å². The molecule has 0 aromatic heterocycles. The van der Waals surface area contributed by atoms with Crippen molar-refractivity contribution in [3.63, 3.8) is 0 Å². The molecule has 0 aliphatic carbocycles. The molecule has 1 amide bonds. The molecule has 0 fully saturated rings. The summed E-state index contributed by atoms with van der Waals surface area (Å²) in [6.45, 7) is 0.209. The third kappa shape index (κ3) is 5.48. The first-order chi connectivity index (χ1) is 12.2. The van der Waals surface area contributed by atoms with Crippen LogP contribution in [0, 0.1) is 17.5 Å². The Kier molecular flexibility index (Phi) is 6.25. The summed E-state index contributed by atoms with van der Waals surface area (Å²) in [6, 6.07) is 8.29. The highest BCUT2D eigenvalue weighted by molar-refractivity contribution is 7.92. The molecule has 0 spiro atoms. The number of hydrogen-bond donors (Lipinski definition) is 2. The van der Waals surface area contributed by atoms with Gasteiger partial charge in [-0.2, -0.15) is 0 Å². The van der Waals surface area contributed by atoms with Gasteiger partial charge in [0.2, 0.25) is 10.0 Å². The van der Waals surface area contributed by atoms with Gasteiger partial charge in [-0.05, 0) is 42.7 Å². The summed E-state index contributed by atoms with van der Waals surface area (Å²) in [5.74, 6) is -5.38. The van der Waals surface area contributed by atoms with Gasteiger partial charge in [0.05, 0.1) is 11.8 Å². The Morgan fingerprint density at radius 1 is 1.00 bits per heavy atom. The van der Waals surface area contributed by atoms with Gasteiger partial charge in [-0.3, -0.25) is 9.52 Å². The monoisotopic (exact) mass is 386 g/mol. The summed E-state index contributed by atoms with van der Waals surface area (Å²) >= 11 is 0. The first kappa shape index (κ1) is 19.8. The van der Waals surface area contributed by atoms with Crippen LogP contribution in [0.3, 0.4) is 0 Å². The average Bonchev–Trinajstić information content (AvgIpc) is 2.56. The molecule has 0 aliphatic rings. The minimum absolute atomic E-state index is 0.209. The van der Waals surface area contributed by atoms with Crippen molar-refractivity contribution in [2.45, 2.75) is 12.8 Å². The van der Waals surface area contributed by atoms with Gasteiger partial charge >= 0.3 is 0 Å². The molecule has 2 aromatic carbocycles. The Morgan fingerprint density at radius 2 is 1.65 bits per heavy atom. The van der Waals surface area contributed by atoms with Gasteiger partial charge in [-0.25, -0.2) is 21.6 Å². The lowest BCUT2D eigenvalue weighted by atomic mass is 10.1. The molecule has 0 radical (unpaired) electrons. The van der Waals surface area contributed by atoms with Crippen molar-refractivity contribution in [3.05, 3.63) is 65.0 Å². The maximum atomic E-state index is 13.5. The molecule has 5 nitrogen and oxygen atoms in total. The molecule has 9 heteroatoms. The number of benzene rings is 2. The molecular weight excluding hydrogens is 369 g/mol. The molecule has 0 unspecified atom stereocenters. The van der Waals surface area contributed by atoms with E-state index in [2.05, 4.69) is 10.0 Å². The van der Waals surface area contributed by atoms with Crippen molar-refractivity contribution in [1.82, 2.24) is 5.32 Å². The molecule has 0 heterocycles. The van der Waals surface area contributed by atoms with Crippen LogP contribution in [0.25, 0.3) is 0 Å². The second kappa shape index (κ2) is 8.22. The van der Waals surface area contributed by atoms with E-state index in [0.717, 1.165) is 17.9 Å². The molecule has 2 N–H and O–H groups in total. The number of rotatable bonds is 7. The standard InChI is InChI=1S/C17H17F3N2O3S/c1-26(24,25)22-12-6-4-11(5-7-12)3-2-10-21-17(23)13-8-9-14(18)16(20)15(13)19/h4-9,22H,2-3,10H2,1H3,(H,21,23). The van der Waals surface area contributed by atoms with E-state index in [-0.39, 0.29) is 6.54 Å². The average molecular weight is 386 g/mol. The summed E-state index contributed by atoms with van der Waals surface area (Å²) in [5, 5.41) is 2.44. The van der Waals surface area contributed by atoms with E-state index in [9.17, 15) is 26.4 Å². The van der Waals surface area contributed by atoms with Crippen LogP contribution >= 0.6 is 0 Å². The second-order valence-electron chi connectivity index (χ2n) is 5.65. The molecule has 2 rings (SSSR count). The highest BCUT2D eigenvalue weighted by Crippen LogP contribution is 2.15. The minimum Gasteiger partial charge on any atom is -0.352 e. The number of nitrogens with one attached hydrogen (secondary N) is 2. The highest BCUT2D eigenvalue weighted by atomic mass is 32.2. The Balaban J connectivity index is 1.83. The van der Waals surface area contributed by atoms with Crippen LogP contribution in [0.5, 0.6) is 0 Å². The Labute approximate surface area is 149 Å². The lowest BCUT2D eigenvalue weighted by molar-refractivity contribution is 0.0948. The van der Waals surface area contributed by atoms with Crippen LogP contribution in [0.1, 0.15) is 22.3 Å². The molecule has 26 heavy (non-hydrogen) atoms. The van der Waals surface area contributed by atoms with Gasteiger partial charge < -0.3 is 5.32 Å². The van der Waals surface area contributed by atoms with Gasteiger partial charge in [0.25, 0.3) is 5.91 Å². The van der Waals surface area contributed by atoms with E-state index in [4.69, 9.17) is 0 Å². The Bertz CT molecular complexity index is 900. The maximum Gasteiger partial charge on any atom is 0.254 e. The maximum absolute atomic E-state index is 13.5. The van der Waals surface area contributed by atoms with Crippen LogP contribution in [0.15, 0.2) is 36.4 Å². The highest BCUT2D eigenvalue weighted by Gasteiger charge is 2.18. The van der Waals surface area contributed by atoms with Crippen LogP contribution < -0.4 is 10.0 Å². The smallest absolute Gasteiger partial charge is 0.254 e. The largest absolute Gasteiger partial charge is 0.352 e. The fraction of sp³-hybridized carbons (Fsp3) is 0.235. The predicted octanol–water partition coefficient (Wildman–Crippen LogP) is 2.84. The van der Waals surface area contributed by atoms with Crippen molar-refractivity contribution in [3.8, 4) is 0 Å². The van der Waals surface area contributed by atoms with E-state index >= 15 is 0 Å². The predicted molar refractivity (Wildman–Crippen MR) is 91.9 cm³/mol. The molecule has 0 aliphatic heterocycles. The number of amides is 1. The van der Waals surface area contributed by atoms with E-state index in [1.165, 1.54) is 0 Å². The zero-order valence-electron chi connectivity index (χ0n) is 13.9. The number of anilines is 1. The third-order valence-electron chi connectivity index (χ3n) is 3.46. The summed E-state index contributed by atoms with van der Waals surface area (Å²) in [4.78, 5) is 11.8. The zero-order valence-corrected chi connectivity index (χ0v) is 14.7. The molecule has 0 bridgehead atoms. The number of hydrogen-bond acceptors (Lipinski definition) is 3. The van der Waals surface area contributed by atoms with Gasteiger partial charge in [-0.1, -0.05) is 12.1 Å². The minimum atomic E-state index is -3.33. The second-order valence-corrected chi connectivity index (χ2v) is 7.40. The Hall–Kier alpha value is -2.55. The fourth-order valence-electron chi connectivity index (χ4n) is 2.24. The first-order valence-corrected chi connectivity index (χ1v) is 9.55. The molecule has 140 valence electrons. The SMILES string of the molecule is CS(=O)(=O)Nc1ccc(CCCNC(=O)c2ccc(F)c(F)c2F)cc1. The van der Waals surface area contributed by atoms with E-state index in [1.54, 1.807) is 24.3 Å². The summed E-state index contributed by atoms with van der Waals surface area (Å²) < 4.78 is 64.1.